The zero-order valence-corrected chi connectivity index (χ0v) is 20.4. The third-order valence-corrected chi connectivity index (χ3v) is 7.39. The first-order valence-electron chi connectivity index (χ1n) is 12.5. The molecular formula is C29H24N4O5. The van der Waals surface area contributed by atoms with Crippen molar-refractivity contribution in [3.8, 4) is 22.9 Å². The second-order valence-electron chi connectivity index (χ2n) is 9.48. The second-order valence-corrected chi connectivity index (χ2v) is 9.48. The van der Waals surface area contributed by atoms with E-state index >= 15 is 0 Å². The topological polar surface area (TPSA) is 94.9 Å². The van der Waals surface area contributed by atoms with Crippen LogP contribution in [0.1, 0.15) is 27.9 Å². The Hall–Kier alpha value is -4.79. The van der Waals surface area contributed by atoms with Crippen molar-refractivity contribution >= 4 is 17.5 Å². The Morgan fingerprint density at radius 3 is 2.58 bits per heavy atom. The molecule has 1 aromatic heterocycles. The minimum atomic E-state index is -0.924. The van der Waals surface area contributed by atoms with Crippen molar-refractivity contribution in [1.29, 1.82) is 0 Å². The van der Waals surface area contributed by atoms with Gasteiger partial charge in [0.25, 0.3) is 5.91 Å². The van der Waals surface area contributed by atoms with E-state index in [1.165, 1.54) is 0 Å². The quantitative estimate of drug-likeness (QED) is 0.401. The van der Waals surface area contributed by atoms with E-state index in [1.54, 1.807) is 23.0 Å². The third kappa shape index (κ3) is 3.35. The minimum Gasteiger partial charge on any atom is -0.491 e. The molecule has 0 saturated heterocycles. The molecule has 0 aliphatic carbocycles. The van der Waals surface area contributed by atoms with Gasteiger partial charge in [-0.15, -0.1) is 0 Å². The maximum Gasteiger partial charge on any atom is 0.251 e. The number of para-hydroxylation sites is 1. The van der Waals surface area contributed by atoms with E-state index in [4.69, 9.17) is 14.2 Å². The number of fused-ring (bicyclic) bond motifs is 5. The van der Waals surface area contributed by atoms with Crippen LogP contribution < -0.4 is 24.4 Å². The lowest BCUT2D eigenvalue weighted by Gasteiger charge is -2.23. The maximum absolute atomic E-state index is 14.0. The van der Waals surface area contributed by atoms with Crippen LogP contribution in [0.25, 0.3) is 5.69 Å². The summed E-state index contributed by atoms with van der Waals surface area (Å²) < 4.78 is 18.9. The first-order chi connectivity index (χ1) is 18.6. The number of anilines is 1. The summed E-state index contributed by atoms with van der Waals surface area (Å²) in [4.78, 5) is 28.5. The predicted molar refractivity (Wildman–Crippen MR) is 138 cm³/mol. The average molecular weight is 509 g/mol. The molecule has 190 valence electrons. The molecule has 1 N–H and O–H groups in total. The van der Waals surface area contributed by atoms with Gasteiger partial charge in [-0.05, 0) is 54.4 Å². The van der Waals surface area contributed by atoms with Gasteiger partial charge in [-0.2, -0.15) is 5.10 Å². The SMILES string of the molecule is O=C(NCCCN1C(=O)C2(COc3cc4c(cc32)OCO4)c2ccccc21)c1ccc(-n2cccn2)cc1. The molecule has 1 atom stereocenters. The lowest BCUT2D eigenvalue weighted by atomic mass is 9.77. The Kier molecular flexibility index (Phi) is 5.10. The molecule has 2 amide bonds. The molecule has 0 radical (unpaired) electrons. The molecule has 4 heterocycles. The Morgan fingerprint density at radius 2 is 1.76 bits per heavy atom. The van der Waals surface area contributed by atoms with E-state index in [0.29, 0.717) is 42.3 Å². The largest absolute Gasteiger partial charge is 0.491 e. The van der Waals surface area contributed by atoms with Crippen molar-refractivity contribution < 1.29 is 23.8 Å². The van der Waals surface area contributed by atoms with Crippen LogP contribution in [0.15, 0.2) is 79.1 Å². The summed E-state index contributed by atoms with van der Waals surface area (Å²) in [6.07, 6.45) is 4.16. The van der Waals surface area contributed by atoms with E-state index in [0.717, 1.165) is 22.5 Å². The van der Waals surface area contributed by atoms with Crippen LogP contribution in [0.2, 0.25) is 0 Å². The van der Waals surface area contributed by atoms with E-state index in [-0.39, 0.29) is 25.2 Å². The van der Waals surface area contributed by atoms with Crippen LogP contribution in [-0.4, -0.2) is 48.1 Å². The fraction of sp³-hybridized carbons (Fsp3) is 0.207. The number of benzene rings is 3. The second kappa shape index (κ2) is 8.65. The highest BCUT2D eigenvalue weighted by atomic mass is 16.7. The van der Waals surface area contributed by atoms with Gasteiger partial charge in [0.2, 0.25) is 12.7 Å². The molecular weight excluding hydrogens is 484 g/mol. The maximum atomic E-state index is 14.0. The van der Waals surface area contributed by atoms with Gasteiger partial charge >= 0.3 is 0 Å². The van der Waals surface area contributed by atoms with Crippen molar-refractivity contribution in [3.63, 3.8) is 0 Å². The van der Waals surface area contributed by atoms with Crippen molar-refractivity contribution in [2.75, 3.05) is 31.4 Å². The number of rotatable bonds is 6. The molecule has 0 saturated carbocycles. The van der Waals surface area contributed by atoms with E-state index in [9.17, 15) is 9.59 Å². The standard InChI is InChI=1S/C29H24N4O5/c34-27(19-7-9-20(10-8-19)33-14-4-12-31-33)30-11-3-13-32-23-6-2-1-5-21(23)29(28(32)35)17-36-24-16-26-25(15-22(24)29)37-18-38-26/h1-2,4-10,12,14-16H,3,11,13,17-18H2,(H,30,34). The van der Waals surface area contributed by atoms with Crippen molar-refractivity contribution in [2.24, 2.45) is 0 Å². The van der Waals surface area contributed by atoms with Crippen LogP contribution in [-0.2, 0) is 10.2 Å². The van der Waals surface area contributed by atoms with Crippen molar-refractivity contribution in [3.05, 3.63) is 95.8 Å². The van der Waals surface area contributed by atoms with Gasteiger partial charge in [-0.25, -0.2) is 4.68 Å². The summed E-state index contributed by atoms with van der Waals surface area (Å²) in [5.41, 5.74) is 3.12. The zero-order valence-electron chi connectivity index (χ0n) is 20.4. The van der Waals surface area contributed by atoms with Gasteiger partial charge in [-0.1, -0.05) is 18.2 Å². The fourth-order valence-corrected chi connectivity index (χ4v) is 5.51. The monoisotopic (exact) mass is 508 g/mol. The normalized spacial score (nSPS) is 18.4. The Balaban J connectivity index is 1.05. The summed E-state index contributed by atoms with van der Waals surface area (Å²) >= 11 is 0. The van der Waals surface area contributed by atoms with Gasteiger partial charge in [0, 0.05) is 48.4 Å². The van der Waals surface area contributed by atoms with Crippen LogP contribution >= 0.6 is 0 Å². The first kappa shape index (κ1) is 22.4. The minimum absolute atomic E-state index is 0.0307. The molecule has 1 unspecified atom stereocenters. The molecule has 38 heavy (non-hydrogen) atoms. The zero-order chi connectivity index (χ0) is 25.7. The first-order valence-corrected chi connectivity index (χ1v) is 12.5. The molecule has 7 rings (SSSR count). The van der Waals surface area contributed by atoms with Gasteiger partial charge in [-0.3, -0.25) is 9.59 Å². The van der Waals surface area contributed by atoms with Gasteiger partial charge < -0.3 is 24.4 Å². The summed E-state index contributed by atoms with van der Waals surface area (Å²) in [7, 11) is 0. The number of ether oxygens (including phenoxy) is 3. The predicted octanol–water partition coefficient (Wildman–Crippen LogP) is 3.45. The smallest absolute Gasteiger partial charge is 0.251 e. The summed E-state index contributed by atoms with van der Waals surface area (Å²) in [6.45, 7) is 1.28. The molecule has 3 aliphatic rings. The van der Waals surface area contributed by atoms with Crippen molar-refractivity contribution in [1.82, 2.24) is 15.1 Å². The Morgan fingerprint density at radius 1 is 0.947 bits per heavy atom. The average Bonchev–Trinajstić information content (AvgIpc) is 3.75. The Bertz CT molecular complexity index is 1550. The highest BCUT2D eigenvalue weighted by Gasteiger charge is 2.57. The third-order valence-electron chi connectivity index (χ3n) is 7.39. The number of hydrogen-bond donors (Lipinski definition) is 1. The number of nitrogens with zero attached hydrogens (tertiary/aromatic N) is 3. The molecule has 0 fully saturated rings. The van der Waals surface area contributed by atoms with Crippen LogP contribution in [0.5, 0.6) is 17.2 Å². The van der Waals surface area contributed by atoms with Gasteiger partial charge in [0.15, 0.2) is 11.5 Å². The molecule has 1 spiro atoms. The van der Waals surface area contributed by atoms with E-state index in [1.807, 2.05) is 65.7 Å². The lowest BCUT2D eigenvalue weighted by Crippen LogP contribution is -2.43. The molecule has 4 aromatic rings. The summed E-state index contributed by atoms with van der Waals surface area (Å²) in [5, 5.41) is 7.17. The molecule has 9 nitrogen and oxygen atoms in total. The number of amides is 2. The Labute approximate surface area is 218 Å². The lowest BCUT2D eigenvalue weighted by molar-refractivity contribution is -0.122. The highest BCUT2D eigenvalue weighted by molar-refractivity contribution is 6.11. The molecule has 3 aliphatic heterocycles. The highest BCUT2D eigenvalue weighted by Crippen LogP contribution is 2.54. The number of carbonyl (C=O) groups excluding carboxylic acids is 2. The van der Waals surface area contributed by atoms with E-state index in [2.05, 4.69) is 10.4 Å². The summed E-state index contributed by atoms with van der Waals surface area (Å²) in [6, 6.07) is 20.6. The number of nitrogens with one attached hydrogen (secondary N) is 1. The number of carbonyl (C=O) groups is 2. The van der Waals surface area contributed by atoms with Gasteiger partial charge in [0.05, 0.1) is 5.69 Å². The number of aromatic nitrogens is 2. The van der Waals surface area contributed by atoms with E-state index < -0.39 is 5.41 Å². The molecule has 0 bridgehead atoms. The summed E-state index contributed by atoms with van der Waals surface area (Å²) in [5.74, 6) is 1.71. The van der Waals surface area contributed by atoms with Crippen molar-refractivity contribution in [2.45, 2.75) is 11.8 Å². The van der Waals surface area contributed by atoms with Crippen LogP contribution in [0.3, 0.4) is 0 Å². The van der Waals surface area contributed by atoms with Gasteiger partial charge in [0.1, 0.15) is 17.8 Å². The molecule has 9 heteroatoms. The fourth-order valence-electron chi connectivity index (χ4n) is 5.51. The van der Waals surface area contributed by atoms with Crippen LogP contribution in [0, 0.1) is 0 Å². The van der Waals surface area contributed by atoms with Crippen LogP contribution in [0.4, 0.5) is 5.69 Å². The number of hydrogen-bond acceptors (Lipinski definition) is 6. The molecule has 3 aromatic carbocycles.